The van der Waals surface area contributed by atoms with Crippen LogP contribution in [-0.4, -0.2) is 49.0 Å². The lowest BCUT2D eigenvalue weighted by atomic mass is 9.90. The van der Waals surface area contributed by atoms with Crippen LogP contribution >= 0.6 is 0 Å². The molecular formula is C27H43N7O5. The van der Waals surface area contributed by atoms with Crippen LogP contribution < -0.4 is 21.3 Å². The van der Waals surface area contributed by atoms with Crippen LogP contribution in [0.25, 0.3) is 10.4 Å². The number of unbranched alkanes of at least 4 members (excludes halogenated alkanes) is 1. The Kier molecular flexibility index (Phi) is 14.4. The Balaban J connectivity index is 2.53. The molecule has 1 aromatic rings. The molecule has 0 aliphatic heterocycles. The third kappa shape index (κ3) is 13.5. The Morgan fingerprint density at radius 2 is 1.69 bits per heavy atom. The Labute approximate surface area is 230 Å². The predicted octanol–water partition coefficient (Wildman–Crippen LogP) is 4.41. The number of nitrogens with one attached hydrogen (secondary N) is 4. The molecular weight excluding hydrogens is 502 g/mol. The Morgan fingerprint density at radius 3 is 2.28 bits per heavy atom. The molecule has 1 aromatic carbocycles. The van der Waals surface area contributed by atoms with Crippen molar-refractivity contribution in [3.63, 3.8) is 0 Å². The smallest absolute Gasteiger partial charge is 0.407 e. The van der Waals surface area contributed by atoms with Crippen molar-refractivity contribution in [1.29, 1.82) is 0 Å². The number of carbonyl (C=O) groups is 4. The fraction of sp³-hybridized carbons (Fsp3) is 0.630. The minimum Gasteiger partial charge on any atom is -0.445 e. The van der Waals surface area contributed by atoms with Gasteiger partial charge in [0.25, 0.3) is 0 Å². The fourth-order valence-electron chi connectivity index (χ4n) is 3.23. The van der Waals surface area contributed by atoms with E-state index in [2.05, 4.69) is 52.1 Å². The van der Waals surface area contributed by atoms with Crippen LogP contribution in [0.15, 0.2) is 29.4 Å². The van der Waals surface area contributed by atoms with E-state index in [1.54, 1.807) is 45.0 Å². The third-order valence-corrected chi connectivity index (χ3v) is 6.25. The lowest BCUT2D eigenvalue weighted by Gasteiger charge is -2.24. The van der Waals surface area contributed by atoms with Gasteiger partial charge in [-0.25, -0.2) is 4.79 Å². The third-order valence-electron chi connectivity index (χ3n) is 6.25. The van der Waals surface area contributed by atoms with Crippen LogP contribution in [0.5, 0.6) is 0 Å². The number of nitrogens with zero attached hydrogens (tertiary/aromatic N) is 3. The molecule has 4 amide bonds. The normalized spacial score (nSPS) is 12.5. The van der Waals surface area contributed by atoms with E-state index in [-0.39, 0.29) is 30.3 Å². The van der Waals surface area contributed by atoms with Gasteiger partial charge >= 0.3 is 6.09 Å². The van der Waals surface area contributed by atoms with Crippen LogP contribution in [0.4, 0.5) is 10.5 Å². The van der Waals surface area contributed by atoms with Gasteiger partial charge in [-0.1, -0.05) is 51.9 Å². The van der Waals surface area contributed by atoms with Gasteiger partial charge in [0.15, 0.2) is 0 Å². The summed E-state index contributed by atoms with van der Waals surface area (Å²) >= 11 is 0. The second-order valence-electron chi connectivity index (χ2n) is 10.6. The summed E-state index contributed by atoms with van der Waals surface area (Å²) in [7, 11) is 0. The molecule has 4 N–H and O–H groups in total. The second-order valence-corrected chi connectivity index (χ2v) is 10.6. The standard InChI is InChI=1S/C27H43N7O5/c1-7-27(5,6)17-29-26(38)39-16-20-11-13-21(14-12-20)32-24(36)19(4)31-25(37)23(18(2)3)33-22(35)10-8-9-15-30-34-28/h11-14,18-19,23H,7-10,15-17H2,1-6H3,(H,29,38)(H,31,37)(H,32,36)(H,33,35)/t19-,23-/m0/s1. The van der Waals surface area contributed by atoms with E-state index in [1.807, 2.05) is 0 Å². The number of hydrogen-bond donors (Lipinski definition) is 4. The summed E-state index contributed by atoms with van der Waals surface area (Å²) < 4.78 is 5.25. The van der Waals surface area contributed by atoms with Gasteiger partial charge in [-0.2, -0.15) is 0 Å². The topological polar surface area (TPSA) is 174 Å². The van der Waals surface area contributed by atoms with Crippen molar-refractivity contribution < 1.29 is 23.9 Å². The zero-order valence-corrected chi connectivity index (χ0v) is 23.9. The highest BCUT2D eigenvalue weighted by atomic mass is 16.5. The summed E-state index contributed by atoms with van der Waals surface area (Å²) in [6.07, 6.45) is 1.76. The van der Waals surface area contributed by atoms with E-state index in [1.165, 1.54) is 0 Å². The fourth-order valence-corrected chi connectivity index (χ4v) is 3.23. The maximum atomic E-state index is 12.8. The molecule has 12 heteroatoms. The summed E-state index contributed by atoms with van der Waals surface area (Å²) in [5.41, 5.74) is 9.56. The van der Waals surface area contributed by atoms with Crippen LogP contribution in [-0.2, 0) is 25.7 Å². The maximum Gasteiger partial charge on any atom is 0.407 e. The van der Waals surface area contributed by atoms with Crippen molar-refractivity contribution in [2.45, 2.75) is 85.9 Å². The van der Waals surface area contributed by atoms with Gasteiger partial charge in [0.2, 0.25) is 17.7 Å². The van der Waals surface area contributed by atoms with Crippen molar-refractivity contribution in [3.8, 4) is 0 Å². The minimum absolute atomic E-state index is 0.00522. The zero-order valence-electron chi connectivity index (χ0n) is 23.9. The number of azide groups is 1. The first-order valence-electron chi connectivity index (χ1n) is 13.3. The SMILES string of the molecule is CCC(C)(C)CNC(=O)OCc1ccc(NC(=O)[C@H](C)NC(=O)[C@@H](NC(=O)CCCCN=[N+]=[N-])C(C)C)cc1. The molecule has 0 radical (unpaired) electrons. The molecule has 39 heavy (non-hydrogen) atoms. The van der Waals surface area contributed by atoms with Gasteiger partial charge in [-0.3, -0.25) is 14.4 Å². The van der Waals surface area contributed by atoms with Crippen LogP contribution in [0.1, 0.15) is 72.8 Å². The number of alkyl carbamates (subject to hydrolysis) is 1. The average molecular weight is 546 g/mol. The van der Waals surface area contributed by atoms with Gasteiger partial charge in [0.1, 0.15) is 18.7 Å². The maximum absolute atomic E-state index is 12.8. The van der Waals surface area contributed by atoms with Crippen molar-refractivity contribution in [3.05, 3.63) is 40.3 Å². The first-order valence-corrected chi connectivity index (χ1v) is 13.3. The monoisotopic (exact) mass is 545 g/mol. The molecule has 0 saturated carbocycles. The second kappa shape index (κ2) is 16.9. The van der Waals surface area contributed by atoms with Gasteiger partial charge in [0.05, 0.1) is 0 Å². The lowest BCUT2D eigenvalue weighted by Crippen LogP contribution is -2.53. The summed E-state index contributed by atoms with van der Waals surface area (Å²) in [6.45, 7) is 12.3. The molecule has 0 fully saturated rings. The van der Waals surface area contributed by atoms with Gasteiger partial charge in [-0.05, 0) is 60.7 Å². The van der Waals surface area contributed by atoms with Gasteiger partial charge < -0.3 is 26.0 Å². The molecule has 1 rings (SSSR count). The molecule has 0 unspecified atom stereocenters. The summed E-state index contributed by atoms with van der Waals surface area (Å²) in [5, 5.41) is 14.3. The highest BCUT2D eigenvalue weighted by Gasteiger charge is 2.27. The summed E-state index contributed by atoms with van der Waals surface area (Å²) in [4.78, 5) is 52.3. The highest BCUT2D eigenvalue weighted by Crippen LogP contribution is 2.18. The van der Waals surface area contributed by atoms with Gasteiger partial charge in [0, 0.05) is 30.1 Å². The zero-order chi connectivity index (χ0) is 29.4. The summed E-state index contributed by atoms with van der Waals surface area (Å²) in [5.74, 6) is -1.35. The average Bonchev–Trinajstić information content (AvgIpc) is 2.89. The number of ether oxygens (including phenoxy) is 1. The molecule has 0 bridgehead atoms. The molecule has 0 aliphatic carbocycles. The molecule has 2 atom stereocenters. The van der Waals surface area contributed by atoms with Crippen molar-refractivity contribution >= 4 is 29.5 Å². The number of amides is 4. The van der Waals surface area contributed by atoms with E-state index < -0.39 is 30.0 Å². The largest absolute Gasteiger partial charge is 0.445 e. The molecule has 216 valence electrons. The molecule has 0 saturated heterocycles. The van der Waals surface area contributed by atoms with Crippen LogP contribution in [0.3, 0.4) is 0 Å². The Morgan fingerprint density at radius 1 is 1.03 bits per heavy atom. The molecule has 0 spiro atoms. The molecule has 0 heterocycles. The Hall–Kier alpha value is -3.79. The summed E-state index contributed by atoms with van der Waals surface area (Å²) in [6, 6.07) is 5.19. The first kappa shape index (κ1) is 33.2. The predicted molar refractivity (Wildman–Crippen MR) is 150 cm³/mol. The van der Waals surface area contributed by atoms with Crippen LogP contribution in [0, 0.1) is 11.3 Å². The van der Waals surface area contributed by atoms with Crippen molar-refractivity contribution in [2.24, 2.45) is 16.4 Å². The van der Waals surface area contributed by atoms with Crippen molar-refractivity contribution in [1.82, 2.24) is 16.0 Å². The number of rotatable bonds is 16. The van der Waals surface area contributed by atoms with E-state index in [4.69, 9.17) is 10.3 Å². The number of anilines is 1. The van der Waals surface area contributed by atoms with E-state index in [9.17, 15) is 19.2 Å². The van der Waals surface area contributed by atoms with Crippen molar-refractivity contribution in [2.75, 3.05) is 18.4 Å². The quantitative estimate of drug-likeness (QED) is 0.104. The number of hydrogen-bond acceptors (Lipinski definition) is 6. The van der Waals surface area contributed by atoms with Gasteiger partial charge in [-0.15, -0.1) is 0 Å². The van der Waals surface area contributed by atoms with E-state index >= 15 is 0 Å². The lowest BCUT2D eigenvalue weighted by molar-refractivity contribution is -0.131. The van der Waals surface area contributed by atoms with Crippen LogP contribution in [0.2, 0.25) is 0 Å². The molecule has 0 aromatic heterocycles. The number of carbonyl (C=O) groups excluding carboxylic acids is 4. The highest BCUT2D eigenvalue weighted by molar-refractivity contribution is 5.98. The Bertz CT molecular complexity index is 1000. The number of benzene rings is 1. The minimum atomic E-state index is -0.849. The van der Waals surface area contributed by atoms with E-state index in [0.717, 1.165) is 12.0 Å². The molecule has 0 aliphatic rings. The first-order chi connectivity index (χ1) is 18.4. The van der Waals surface area contributed by atoms with E-state index in [0.29, 0.717) is 31.6 Å². The molecule has 12 nitrogen and oxygen atoms in total.